The van der Waals surface area contributed by atoms with Crippen LogP contribution in [0.2, 0.25) is 0 Å². The lowest BCUT2D eigenvalue weighted by atomic mass is 10.1. The number of amides is 1. The van der Waals surface area contributed by atoms with Crippen molar-refractivity contribution in [3.05, 3.63) is 66.2 Å². The summed E-state index contributed by atoms with van der Waals surface area (Å²) >= 11 is 0. The van der Waals surface area contributed by atoms with Crippen LogP contribution in [0.3, 0.4) is 0 Å². The van der Waals surface area contributed by atoms with Crippen molar-refractivity contribution >= 4 is 11.6 Å². The fourth-order valence-electron chi connectivity index (χ4n) is 2.08. The number of hydrogen-bond acceptors (Lipinski definition) is 3. The number of H-pyrrole nitrogens is 1. The van der Waals surface area contributed by atoms with Gasteiger partial charge in [0.1, 0.15) is 12.1 Å². The van der Waals surface area contributed by atoms with Gasteiger partial charge in [-0.1, -0.05) is 18.2 Å². The van der Waals surface area contributed by atoms with Gasteiger partial charge in [0.25, 0.3) is 0 Å². The highest BCUT2D eigenvalue weighted by molar-refractivity contribution is 5.92. The monoisotopic (exact) mass is 296 g/mol. The van der Waals surface area contributed by atoms with E-state index in [9.17, 15) is 9.18 Å². The van der Waals surface area contributed by atoms with E-state index >= 15 is 0 Å². The SMILES string of the molecule is O=C(Cc1ccccc1F)Nc1ccc(-c2ncn[nH]2)cc1. The molecule has 3 aromatic rings. The Morgan fingerprint density at radius 3 is 2.59 bits per heavy atom. The van der Waals surface area contributed by atoms with E-state index in [1.807, 2.05) is 12.1 Å². The molecule has 2 N–H and O–H groups in total. The summed E-state index contributed by atoms with van der Waals surface area (Å²) in [6.45, 7) is 0. The van der Waals surface area contributed by atoms with Gasteiger partial charge in [0, 0.05) is 11.3 Å². The average Bonchev–Trinajstić information content (AvgIpc) is 3.05. The van der Waals surface area contributed by atoms with Crippen molar-refractivity contribution in [2.24, 2.45) is 0 Å². The molecule has 6 heteroatoms. The van der Waals surface area contributed by atoms with Crippen molar-refractivity contribution in [3.63, 3.8) is 0 Å². The van der Waals surface area contributed by atoms with E-state index in [1.54, 1.807) is 30.3 Å². The molecule has 1 aromatic heterocycles. The molecule has 1 heterocycles. The Morgan fingerprint density at radius 2 is 1.91 bits per heavy atom. The van der Waals surface area contributed by atoms with Gasteiger partial charge in [-0.2, -0.15) is 5.10 Å². The maximum Gasteiger partial charge on any atom is 0.228 e. The second kappa shape index (κ2) is 6.17. The summed E-state index contributed by atoms with van der Waals surface area (Å²) in [5.74, 6) is 0.0139. The third-order valence-corrected chi connectivity index (χ3v) is 3.17. The van der Waals surface area contributed by atoms with Gasteiger partial charge in [-0.25, -0.2) is 9.37 Å². The van der Waals surface area contributed by atoms with Crippen LogP contribution in [0.4, 0.5) is 10.1 Å². The average molecular weight is 296 g/mol. The Balaban J connectivity index is 1.66. The minimum absolute atomic E-state index is 0.00344. The zero-order valence-corrected chi connectivity index (χ0v) is 11.6. The number of nitrogens with zero attached hydrogens (tertiary/aromatic N) is 2. The number of anilines is 1. The van der Waals surface area contributed by atoms with Crippen LogP contribution in [-0.2, 0) is 11.2 Å². The lowest BCUT2D eigenvalue weighted by molar-refractivity contribution is -0.115. The third-order valence-electron chi connectivity index (χ3n) is 3.17. The molecule has 0 aliphatic heterocycles. The van der Waals surface area contributed by atoms with Gasteiger partial charge in [-0.15, -0.1) is 0 Å². The first-order valence-electron chi connectivity index (χ1n) is 6.71. The Hall–Kier alpha value is -3.02. The molecular weight excluding hydrogens is 283 g/mol. The van der Waals surface area contributed by atoms with E-state index in [0.717, 1.165) is 5.56 Å². The van der Waals surface area contributed by atoms with Gasteiger partial charge in [-0.05, 0) is 35.9 Å². The number of benzene rings is 2. The number of hydrogen-bond donors (Lipinski definition) is 2. The Morgan fingerprint density at radius 1 is 1.14 bits per heavy atom. The number of rotatable bonds is 4. The summed E-state index contributed by atoms with van der Waals surface area (Å²) in [5, 5.41) is 9.28. The highest BCUT2D eigenvalue weighted by atomic mass is 19.1. The molecular formula is C16H13FN4O. The zero-order valence-electron chi connectivity index (χ0n) is 11.6. The molecule has 0 spiro atoms. The summed E-state index contributed by atoms with van der Waals surface area (Å²) in [6, 6.07) is 13.4. The summed E-state index contributed by atoms with van der Waals surface area (Å²) in [7, 11) is 0. The van der Waals surface area contributed by atoms with Crippen molar-refractivity contribution in [1.29, 1.82) is 0 Å². The quantitative estimate of drug-likeness (QED) is 0.777. The summed E-state index contributed by atoms with van der Waals surface area (Å²) in [5.41, 5.74) is 1.88. The molecule has 0 bridgehead atoms. The first-order chi connectivity index (χ1) is 10.7. The molecule has 0 radical (unpaired) electrons. The van der Waals surface area contributed by atoms with Crippen molar-refractivity contribution in [1.82, 2.24) is 15.2 Å². The molecule has 22 heavy (non-hydrogen) atoms. The molecule has 110 valence electrons. The number of carbonyl (C=O) groups excluding carboxylic acids is 1. The predicted octanol–water partition coefficient (Wildman–Crippen LogP) is 2.79. The lowest BCUT2D eigenvalue weighted by Crippen LogP contribution is -2.15. The molecule has 0 aliphatic rings. The van der Waals surface area contributed by atoms with E-state index in [4.69, 9.17) is 0 Å². The van der Waals surface area contributed by atoms with E-state index in [2.05, 4.69) is 20.5 Å². The van der Waals surface area contributed by atoms with Crippen molar-refractivity contribution in [2.45, 2.75) is 6.42 Å². The van der Waals surface area contributed by atoms with Crippen molar-refractivity contribution in [3.8, 4) is 11.4 Å². The maximum atomic E-state index is 13.5. The molecule has 0 saturated heterocycles. The van der Waals surface area contributed by atoms with Crippen molar-refractivity contribution < 1.29 is 9.18 Å². The van der Waals surface area contributed by atoms with Crippen LogP contribution in [0.15, 0.2) is 54.9 Å². The van der Waals surface area contributed by atoms with Gasteiger partial charge in [0.15, 0.2) is 5.82 Å². The molecule has 5 nitrogen and oxygen atoms in total. The van der Waals surface area contributed by atoms with Gasteiger partial charge in [-0.3, -0.25) is 9.89 Å². The van der Waals surface area contributed by atoms with E-state index < -0.39 is 0 Å². The topological polar surface area (TPSA) is 70.7 Å². The smallest absolute Gasteiger partial charge is 0.228 e. The second-order valence-electron chi connectivity index (χ2n) is 4.73. The largest absolute Gasteiger partial charge is 0.326 e. The molecule has 0 saturated carbocycles. The Labute approximate surface area is 126 Å². The molecule has 0 aliphatic carbocycles. The highest BCUT2D eigenvalue weighted by Gasteiger charge is 2.08. The standard InChI is InChI=1S/C16H13FN4O/c17-14-4-2-1-3-12(14)9-15(22)20-13-7-5-11(6-8-13)16-18-10-19-21-16/h1-8,10H,9H2,(H,20,22)(H,18,19,21). The fourth-order valence-corrected chi connectivity index (χ4v) is 2.08. The summed E-state index contributed by atoms with van der Waals surface area (Å²) in [6.07, 6.45) is 1.43. The van der Waals surface area contributed by atoms with E-state index in [0.29, 0.717) is 17.1 Å². The van der Waals surface area contributed by atoms with Crippen LogP contribution in [-0.4, -0.2) is 21.1 Å². The van der Waals surface area contributed by atoms with Crippen LogP contribution >= 0.6 is 0 Å². The number of nitrogens with one attached hydrogen (secondary N) is 2. The van der Waals surface area contributed by atoms with Crippen LogP contribution in [0, 0.1) is 5.82 Å². The zero-order chi connectivity index (χ0) is 15.4. The Bertz CT molecular complexity index is 769. The van der Waals surface area contributed by atoms with E-state index in [-0.39, 0.29) is 18.1 Å². The number of aromatic amines is 1. The Kier molecular flexibility index (Phi) is 3.91. The van der Waals surface area contributed by atoms with Crippen molar-refractivity contribution in [2.75, 3.05) is 5.32 Å². The van der Waals surface area contributed by atoms with Crippen LogP contribution in [0.25, 0.3) is 11.4 Å². The van der Waals surface area contributed by atoms with Crippen LogP contribution in [0.5, 0.6) is 0 Å². The van der Waals surface area contributed by atoms with Gasteiger partial charge < -0.3 is 5.32 Å². The predicted molar refractivity (Wildman–Crippen MR) is 80.6 cm³/mol. The molecule has 1 amide bonds. The third kappa shape index (κ3) is 3.17. The fraction of sp³-hybridized carbons (Fsp3) is 0.0625. The van der Waals surface area contributed by atoms with Crippen LogP contribution in [0.1, 0.15) is 5.56 Å². The minimum Gasteiger partial charge on any atom is -0.326 e. The number of halogens is 1. The normalized spacial score (nSPS) is 10.4. The number of carbonyl (C=O) groups is 1. The molecule has 2 aromatic carbocycles. The highest BCUT2D eigenvalue weighted by Crippen LogP contribution is 2.17. The summed E-state index contributed by atoms with van der Waals surface area (Å²) in [4.78, 5) is 16.0. The molecule has 0 unspecified atom stereocenters. The van der Waals surface area contributed by atoms with Gasteiger partial charge in [0.05, 0.1) is 6.42 Å². The van der Waals surface area contributed by atoms with E-state index in [1.165, 1.54) is 12.4 Å². The first kappa shape index (κ1) is 13.9. The van der Waals surface area contributed by atoms with Gasteiger partial charge >= 0.3 is 0 Å². The molecule has 0 atom stereocenters. The first-order valence-corrected chi connectivity index (χ1v) is 6.71. The second-order valence-corrected chi connectivity index (χ2v) is 4.73. The summed E-state index contributed by atoms with van der Waals surface area (Å²) < 4.78 is 13.5. The number of aromatic nitrogens is 3. The maximum absolute atomic E-state index is 13.5. The molecule has 3 rings (SSSR count). The van der Waals surface area contributed by atoms with Crippen LogP contribution < -0.4 is 5.32 Å². The minimum atomic E-state index is -0.377. The van der Waals surface area contributed by atoms with Gasteiger partial charge in [0.2, 0.25) is 5.91 Å². The lowest BCUT2D eigenvalue weighted by Gasteiger charge is -2.06. The molecule has 0 fully saturated rings.